The van der Waals surface area contributed by atoms with E-state index in [0.717, 1.165) is 48.3 Å². The van der Waals surface area contributed by atoms with Crippen molar-refractivity contribution < 1.29 is 13.9 Å². The van der Waals surface area contributed by atoms with Gasteiger partial charge in [0.1, 0.15) is 11.6 Å². The molecule has 0 aromatic heterocycles. The monoisotopic (exact) mass is 397 g/mol. The Morgan fingerprint density at radius 3 is 2.43 bits per heavy atom. The number of anilines is 1. The maximum Gasteiger partial charge on any atom is 0.286 e. The van der Waals surface area contributed by atoms with Crippen molar-refractivity contribution in [3.8, 4) is 5.75 Å². The zero-order chi connectivity index (χ0) is 19.5. The maximum absolute atomic E-state index is 13.1. The number of methoxy groups -OCH3 is 1. The van der Waals surface area contributed by atoms with Crippen molar-refractivity contribution in [1.29, 1.82) is 0 Å². The van der Waals surface area contributed by atoms with Gasteiger partial charge in [0.25, 0.3) is 5.91 Å². The fourth-order valence-corrected chi connectivity index (χ4v) is 4.22. The van der Waals surface area contributed by atoms with E-state index in [1.807, 2.05) is 30.3 Å². The Morgan fingerprint density at radius 1 is 1.04 bits per heavy atom. The molecule has 1 saturated heterocycles. The molecule has 5 nitrogen and oxygen atoms in total. The van der Waals surface area contributed by atoms with Crippen LogP contribution in [0.3, 0.4) is 0 Å². The minimum atomic E-state index is -0.230. The number of benzene rings is 2. The molecule has 2 aromatic carbocycles. The van der Waals surface area contributed by atoms with Crippen molar-refractivity contribution in [1.82, 2.24) is 4.90 Å². The fraction of sp³-hybridized carbons (Fsp3) is 0.238. The smallest absolute Gasteiger partial charge is 0.286 e. The summed E-state index contributed by atoms with van der Waals surface area (Å²) in [6.45, 7) is 3.12. The van der Waals surface area contributed by atoms with Crippen LogP contribution < -0.4 is 9.64 Å². The Morgan fingerprint density at radius 2 is 1.71 bits per heavy atom. The number of thioether (sulfide) groups is 1. The van der Waals surface area contributed by atoms with Crippen molar-refractivity contribution in [2.24, 2.45) is 4.99 Å². The number of ether oxygens (including phenoxy) is 1. The number of carbonyl (C=O) groups is 1. The van der Waals surface area contributed by atoms with Crippen molar-refractivity contribution in [3.63, 3.8) is 0 Å². The van der Waals surface area contributed by atoms with Crippen LogP contribution in [0.2, 0.25) is 0 Å². The standard InChI is InChI=1S/C21H20FN3O2S/c1-27-18-5-3-2-4-15(18)14-19-20(26)23-21(28-19)25-12-10-24(11-13-25)17-8-6-16(22)7-9-17/h2-9,14H,10-13H2,1H3/b19-14-. The SMILES string of the molecule is COc1ccccc1/C=C1\SC(N2CCN(c3ccc(F)cc3)CC2)=NC1=O. The summed E-state index contributed by atoms with van der Waals surface area (Å²) in [6.07, 6.45) is 1.83. The summed E-state index contributed by atoms with van der Waals surface area (Å²) in [5.74, 6) is 0.281. The van der Waals surface area contributed by atoms with Crippen molar-refractivity contribution in [3.05, 3.63) is 64.8 Å². The van der Waals surface area contributed by atoms with Gasteiger partial charge in [-0.3, -0.25) is 4.79 Å². The molecule has 0 radical (unpaired) electrons. The number of hydrogen-bond donors (Lipinski definition) is 0. The predicted molar refractivity (Wildman–Crippen MR) is 111 cm³/mol. The highest BCUT2D eigenvalue weighted by molar-refractivity contribution is 8.18. The first-order valence-corrected chi connectivity index (χ1v) is 9.87. The molecule has 2 aliphatic heterocycles. The van der Waals surface area contributed by atoms with Gasteiger partial charge >= 0.3 is 0 Å². The zero-order valence-corrected chi connectivity index (χ0v) is 16.3. The highest BCUT2D eigenvalue weighted by Crippen LogP contribution is 2.32. The highest BCUT2D eigenvalue weighted by atomic mass is 32.2. The van der Waals surface area contributed by atoms with E-state index in [-0.39, 0.29) is 11.7 Å². The Hall–Kier alpha value is -2.80. The van der Waals surface area contributed by atoms with Crippen LogP contribution in [0.15, 0.2) is 58.4 Å². The molecule has 2 aromatic rings. The fourth-order valence-electron chi connectivity index (χ4n) is 3.27. The molecule has 4 rings (SSSR count). The molecule has 0 spiro atoms. The normalized spacial score (nSPS) is 18.6. The molecule has 0 atom stereocenters. The molecular formula is C21H20FN3O2S. The number of piperazine rings is 1. The lowest BCUT2D eigenvalue weighted by molar-refractivity contribution is -0.113. The van der Waals surface area contributed by atoms with E-state index in [2.05, 4.69) is 14.8 Å². The van der Waals surface area contributed by atoms with Crippen LogP contribution in [0, 0.1) is 5.82 Å². The van der Waals surface area contributed by atoms with E-state index in [9.17, 15) is 9.18 Å². The summed E-state index contributed by atoms with van der Waals surface area (Å²) in [5, 5.41) is 0.741. The molecule has 0 bridgehead atoms. The molecule has 144 valence electrons. The van der Waals surface area contributed by atoms with E-state index >= 15 is 0 Å². The summed E-state index contributed by atoms with van der Waals surface area (Å²) < 4.78 is 18.5. The number of nitrogens with zero attached hydrogens (tertiary/aromatic N) is 3. The second-order valence-electron chi connectivity index (χ2n) is 6.50. The number of para-hydroxylation sites is 1. The Kier molecular flexibility index (Phi) is 5.34. The minimum Gasteiger partial charge on any atom is -0.496 e. The number of aliphatic imine (C=N–C) groups is 1. The van der Waals surface area contributed by atoms with Crippen LogP contribution in [0.1, 0.15) is 5.56 Å². The summed E-state index contributed by atoms with van der Waals surface area (Å²) in [6, 6.07) is 14.1. The lowest BCUT2D eigenvalue weighted by atomic mass is 10.2. The molecule has 0 aliphatic carbocycles. The molecule has 1 fully saturated rings. The second kappa shape index (κ2) is 8.06. The quantitative estimate of drug-likeness (QED) is 0.740. The highest BCUT2D eigenvalue weighted by Gasteiger charge is 2.28. The third kappa shape index (κ3) is 3.89. The molecule has 2 aliphatic rings. The summed E-state index contributed by atoms with van der Waals surface area (Å²) in [7, 11) is 1.61. The third-order valence-electron chi connectivity index (χ3n) is 4.78. The van der Waals surface area contributed by atoms with Gasteiger partial charge in [-0.2, -0.15) is 4.99 Å². The third-order valence-corrected chi connectivity index (χ3v) is 5.82. The van der Waals surface area contributed by atoms with Gasteiger partial charge in [-0.05, 0) is 48.2 Å². The largest absolute Gasteiger partial charge is 0.496 e. The topological polar surface area (TPSA) is 45.1 Å². The van der Waals surface area contributed by atoms with Gasteiger partial charge < -0.3 is 14.5 Å². The summed E-state index contributed by atoms with van der Waals surface area (Å²) in [5.41, 5.74) is 1.87. The first-order valence-electron chi connectivity index (χ1n) is 9.05. The molecule has 28 heavy (non-hydrogen) atoms. The Bertz CT molecular complexity index is 935. The summed E-state index contributed by atoms with van der Waals surface area (Å²) in [4.78, 5) is 21.5. The number of hydrogen-bond acceptors (Lipinski definition) is 5. The first kappa shape index (κ1) is 18.6. The van der Waals surface area contributed by atoms with Crippen molar-refractivity contribution in [2.75, 3.05) is 38.2 Å². The molecule has 2 heterocycles. The zero-order valence-electron chi connectivity index (χ0n) is 15.5. The Labute approximate surface area is 167 Å². The van der Waals surface area contributed by atoms with Crippen LogP contribution in [-0.4, -0.2) is 49.3 Å². The lowest BCUT2D eigenvalue weighted by Gasteiger charge is -2.36. The van der Waals surface area contributed by atoms with Gasteiger partial charge in [0, 0.05) is 37.4 Å². The van der Waals surface area contributed by atoms with Crippen molar-refractivity contribution in [2.45, 2.75) is 0 Å². The summed E-state index contributed by atoms with van der Waals surface area (Å²) >= 11 is 1.40. The molecule has 7 heteroatoms. The van der Waals surface area contributed by atoms with E-state index in [0.29, 0.717) is 4.91 Å². The van der Waals surface area contributed by atoms with Gasteiger partial charge in [-0.15, -0.1) is 0 Å². The van der Waals surface area contributed by atoms with E-state index in [1.165, 1.54) is 23.9 Å². The van der Waals surface area contributed by atoms with Gasteiger partial charge in [0.2, 0.25) is 0 Å². The molecule has 0 N–H and O–H groups in total. The van der Waals surface area contributed by atoms with E-state index < -0.39 is 0 Å². The van der Waals surface area contributed by atoms with Crippen molar-refractivity contribution >= 4 is 34.6 Å². The minimum absolute atomic E-state index is 0.216. The number of carbonyl (C=O) groups excluding carboxylic acids is 1. The number of amides is 1. The van der Waals surface area contributed by atoms with Crippen LogP contribution in [0.4, 0.5) is 10.1 Å². The van der Waals surface area contributed by atoms with Gasteiger partial charge in [-0.25, -0.2) is 4.39 Å². The predicted octanol–water partition coefficient (Wildman–Crippen LogP) is 3.63. The molecule has 0 unspecified atom stereocenters. The average molecular weight is 397 g/mol. The number of halogens is 1. The lowest BCUT2D eigenvalue weighted by Crippen LogP contribution is -2.47. The first-order chi connectivity index (χ1) is 13.6. The molecule has 0 saturated carbocycles. The number of rotatable bonds is 3. The Balaban J connectivity index is 1.41. The average Bonchev–Trinajstić information content (AvgIpc) is 3.09. The van der Waals surface area contributed by atoms with Gasteiger partial charge in [0.15, 0.2) is 5.17 Å². The van der Waals surface area contributed by atoms with Crippen LogP contribution in [0.5, 0.6) is 5.75 Å². The van der Waals surface area contributed by atoms with E-state index in [1.54, 1.807) is 19.2 Å². The van der Waals surface area contributed by atoms with Crippen LogP contribution in [-0.2, 0) is 4.79 Å². The van der Waals surface area contributed by atoms with Crippen LogP contribution >= 0.6 is 11.8 Å². The maximum atomic E-state index is 13.1. The van der Waals surface area contributed by atoms with Crippen LogP contribution in [0.25, 0.3) is 6.08 Å². The molecule has 1 amide bonds. The molecular weight excluding hydrogens is 377 g/mol. The second-order valence-corrected chi connectivity index (χ2v) is 7.51. The number of amidine groups is 1. The van der Waals surface area contributed by atoms with Gasteiger partial charge in [0.05, 0.1) is 12.0 Å². The van der Waals surface area contributed by atoms with E-state index in [4.69, 9.17) is 4.74 Å². The van der Waals surface area contributed by atoms with Gasteiger partial charge in [-0.1, -0.05) is 18.2 Å².